The Hall–Kier alpha value is -1.94. The molecule has 0 aliphatic rings. The molecule has 0 bridgehead atoms. The molecule has 0 amide bonds. The number of esters is 4. The molecule has 570 valence electrons. The number of carbonyl (C=O) groups is 4. The number of ether oxygens (including phenoxy) is 4. The van der Waals surface area contributed by atoms with Crippen molar-refractivity contribution in [1.29, 1.82) is 0 Å². The third-order valence-electron chi connectivity index (χ3n) is 18.6. The molecular weight excluding hydrogens is 1260 g/mol. The van der Waals surface area contributed by atoms with E-state index in [4.69, 9.17) is 37.0 Å². The van der Waals surface area contributed by atoms with Crippen molar-refractivity contribution in [3.8, 4) is 0 Å². The van der Waals surface area contributed by atoms with Crippen LogP contribution in [0.25, 0.3) is 0 Å². The number of rotatable bonds is 75. The number of hydrogen-bond donors (Lipinski definition) is 3. The molecule has 0 aliphatic heterocycles. The van der Waals surface area contributed by atoms with Gasteiger partial charge in [-0.05, 0) is 43.4 Å². The zero-order valence-corrected chi connectivity index (χ0v) is 64.6. The predicted molar refractivity (Wildman–Crippen MR) is 391 cm³/mol. The Bertz CT molecular complexity index is 1870. The van der Waals surface area contributed by atoms with Gasteiger partial charge in [0.25, 0.3) is 0 Å². The third-order valence-corrected chi connectivity index (χ3v) is 20.5. The summed E-state index contributed by atoms with van der Waals surface area (Å²) in [5.74, 6) is 0.273. The van der Waals surface area contributed by atoms with Gasteiger partial charge in [-0.2, -0.15) is 0 Å². The van der Waals surface area contributed by atoms with Crippen LogP contribution in [-0.4, -0.2) is 96.7 Å². The third kappa shape index (κ3) is 67.9. The molecule has 0 aromatic rings. The first kappa shape index (κ1) is 94.1. The van der Waals surface area contributed by atoms with E-state index in [2.05, 4.69) is 48.5 Å². The molecule has 0 radical (unpaired) electrons. The minimum atomic E-state index is -4.96. The van der Waals surface area contributed by atoms with Crippen molar-refractivity contribution in [2.24, 2.45) is 17.8 Å². The largest absolute Gasteiger partial charge is 0.472 e. The minimum Gasteiger partial charge on any atom is -0.462 e. The first-order valence-corrected chi connectivity index (χ1v) is 42.9. The molecule has 0 fully saturated rings. The monoisotopic (exact) mass is 1410 g/mol. The highest BCUT2D eigenvalue weighted by atomic mass is 31.2. The standard InChI is InChI=1S/C77H150O17P2/c1-8-11-12-13-14-15-30-37-44-51-58-74(79)87-65-73(94-77(82)61-54-47-40-33-34-41-48-55-68(4)5)67-92-96(85,86)90-63-71(78)62-89-95(83,84)91-66-72(93-76(81)60-53-46-39-32-27-23-19-17-21-25-29-36-43-50-57-70(7)10-3)64-88-75(80)59-52-45-38-31-26-22-18-16-20-24-28-35-42-49-56-69(6)9-2/h68-73,78H,8-67H2,1-7H3,(H,83,84)(H,85,86)/t69?,70?,71-,72-,73-/m1/s1. The maximum Gasteiger partial charge on any atom is 0.472 e. The Morgan fingerprint density at radius 2 is 0.531 bits per heavy atom. The molecule has 0 aliphatic carbocycles. The van der Waals surface area contributed by atoms with Crippen LogP contribution in [0.4, 0.5) is 0 Å². The van der Waals surface area contributed by atoms with Crippen LogP contribution in [0.15, 0.2) is 0 Å². The van der Waals surface area contributed by atoms with E-state index in [1.165, 1.54) is 205 Å². The normalized spacial score (nSPS) is 14.6. The Balaban J connectivity index is 5.22. The molecule has 0 aromatic heterocycles. The number of aliphatic hydroxyl groups is 1. The average Bonchev–Trinajstić information content (AvgIpc) is 1.84. The van der Waals surface area contributed by atoms with E-state index >= 15 is 0 Å². The fourth-order valence-corrected chi connectivity index (χ4v) is 13.3. The van der Waals surface area contributed by atoms with Crippen LogP contribution in [0.5, 0.6) is 0 Å². The Kier molecular flexibility index (Phi) is 66.2. The molecule has 3 N–H and O–H groups in total. The lowest BCUT2D eigenvalue weighted by Gasteiger charge is -2.21. The summed E-state index contributed by atoms with van der Waals surface area (Å²) in [6.07, 6.45) is 54.1. The molecule has 0 saturated carbocycles. The summed E-state index contributed by atoms with van der Waals surface area (Å²) in [5.41, 5.74) is 0. The van der Waals surface area contributed by atoms with E-state index < -0.39 is 97.5 Å². The van der Waals surface area contributed by atoms with Gasteiger partial charge in [0.05, 0.1) is 26.4 Å². The lowest BCUT2D eigenvalue weighted by Crippen LogP contribution is -2.30. The second-order valence-electron chi connectivity index (χ2n) is 28.7. The van der Waals surface area contributed by atoms with Gasteiger partial charge in [-0.1, -0.05) is 344 Å². The summed E-state index contributed by atoms with van der Waals surface area (Å²) in [6.45, 7) is 11.9. The summed E-state index contributed by atoms with van der Waals surface area (Å²) in [6, 6.07) is 0. The fourth-order valence-electron chi connectivity index (χ4n) is 11.7. The van der Waals surface area contributed by atoms with Crippen LogP contribution in [0.2, 0.25) is 0 Å². The van der Waals surface area contributed by atoms with Gasteiger partial charge in [0, 0.05) is 25.7 Å². The molecule has 0 aromatic carbocycles. The fraction of sp³-hybridized carbons (Fsp3) is 0.948. The number of phosphoric acid groups is 2. The van der Waals surface area contributed by atoms with E-state index in [1.807, 2.05) is 0 Å². The predicted octanol–water partition coefficient (Wildman–Crippen LogP) is 22.6. The van der Waals surface area contributed by atoms with Crippen molar-refractivity contribution < 1.29 is 80.2 Å². The quantitative estimate of drug-likeness (QED) is 0.0222. The molecule has 19 heteroatoms. The summed E-state index contributed by atoms with van der Waals surface area (Å²) in [5, 5.41) is 10.6. The number of unbranched alkanes of at least 4 members (excludes halogenated alkanes) is 41. The van der Waals surface area contributed by atoms with Crippen LogP contribution < -0.4 is 0 Å². The van der Waals surface area contributed by atoms with Crippen LogP contribution >= 0.6 is 15.6 Å². The maximum atomic E-state index is 13.1. The molecule has 0 saturated heterocycles. The highest BCUT2D eigenvalue weighted by Gasteiger charge is 2.30. The van der Waals surface area contributed by atoms with Gasteiger partial charge in [0.1, 0.15) is 19.3 Å². The van der Waals surface area contributed by atoms with Gasteiger partial charge in [0.15, 0.2) is 12.2 Å². The Labute approximate surface area is 588 Å². The second kappa shape index (κ2) is 67.5. The number of carbonyl (C=O) groups excluding carboxylic acids is 4. The van der Waals surface area contributed by atoms with Crippen LogP contribution in [0.3, 0.4) is 0 Å². The van der Waals surface area contributed by atoms with Crippen molar-refractivity contribution in [3.63, 3.8) is 0 Å². The van der Waals surface area contributed by atoms with Gasteiger partial charge >= 0.3 is 39.5 Å². The van der Waals surface area contributed by atoms with Gasteiger partial charge in [-0.15, -0.1) is 0 Å². The molecule has 0 heterocycles. The van der Waals surface area contributed by atoms with Gasteiger partial charge in [-0.3, -0.25) is 37.3 Å². The molecule has 96 heavy (non-hydrogen) atoms. The van der Waals surface area contributed by atoms with E-state index in [0.717, 1.165) is 102 Å². The van der Waals surface area contributed by atoms with E-state index in [-0.39, 0.29) is 25.7 Å². The van der Waals surface area contributed by atoms with Crippen molar-refractivity contribution in [3.05, 3.63) is 0 Å². The maximum absolute atomic E-state index is 13.1. The lowest BCUT2D eigenvalue weighted by molar-refractivity contribution is -0.161. The average molecular weight is 1410 g/mol. The summed E-state index contributed by atoms with van der Waals surface area (Å²) >= 11 is 0. The lowest BCUT2D eigenvalue weighted by atomic mass is 9.99. The summed E-state index contributed by atoms with van der Waals surface area (Å²) in [4.78, 5) is 72.8. The molecule has 0 spiro atoms. The highest BCUT2D eigenvalue weighted by molar-refractivity contribution is 7.47. The van der Waals surface area contributed by atoms with Crippen LogP contribution in [-0.2, 0) is 65.4 Å². The molecule has 7 atom stereocenters. The number of phosphoric ester groups is 2. The summed E-state index contributed by atoms with van der Waals surface area (Å²) in [7, 11) is -9.91. The topological polar surface area (TPSA) is 237 Å². The van der Waals surface area contributed by atoms with Crippen molar-refractivity contribution in [2.45, 2.75) is 414 Å². The minimum absolute atomic E-state index is 0.104. The zero-order chi connectivity index (χ0) is 70.9. The molecule has 4 unspecified atom stereocenters. The van der Waals surface area contributed by atoms with Crippen molar-refractivity contribution in [1.82, 2.24) is 0 Å². The smallest absolute Gasteiger partial charge is 0.462 e. The first-order valence-electron chi connectivity index (χ1n) is 39.9. The highest BCUT2D eigenvalue weighted by Crippen LogP contribution is 2.45. The SMILES string of the molecule is CCCCCCCCCCCCC(=O)OC[C@H](COP(=O)(O)OC[C@H](O)COP(=O)(O)OC[C@@H](COC(=O)CCCCCCCCCCCCCCCCC(C)CC)OC(=O)CCCCCCCCCCCCCCCCC(C)CC)OC(=O)CCCCCCCCCC(C)C. The Morgan fingerprint density at radius 1 is 0.302 bits per heavy atom. The van der Waals surface area contributed by atoms with Gasteiger partial charge in [0.2, 0.25) is 0 Å². The molecule has 0 rings (SSSR count). The van der Waals surface area contributed by atoms with Crippen LogP contribution in [0, 0.1) is 17.8 Å². The summed E-state index contributed by atoms with van der Waals surface area (Å²) < 4.78 is 68.5. The molecule has 17 nitrogen and oxygen atoms in total. The van der Waals surface area contributed by atoms with Crippen LogP contribution in [0.1, 0.15) is 395 Å². The van der Waals surface area contributed by atoms with Crippen molar-refractivity contribution in [2.75, 3.05) is 39.6 Å². The number of aliphatic hydroxyl groups excluding tert-OH is 1. The van der Waals surface area contributed by atoms with Gasteiger partial charge in [-0.25, -0.2) is 9.13 Å². The zero-order valence-electron chi connectivity index (χ0n) is 62.8. The van der Waals surface area contributed by atoms with E-state index in [9.17, 15) is 43.2 Å². The molecular formula is C77H150O17P2. The second-order valence-corrected chi connectivity index (χ2v) is 31.6. The van der Waals surface area contributed by atoms with E-state index in [0.29, 0.717) is 31.6 Å². The number of hydrogen-bond acceptors (Lipinski definition) is 15. The van der Waals surface area contributed by atoms with Crippen molar-refractivity contribution >= 4 is 39.5 Å². The first-order chi connectivity index (χ1) is 46.3. The van der Waals surface area contributed by atoms with Gasteiger partial charge < -0.3 is 33.8 Å². The van der Waals surface area contributed by atoms with E-state index in [1.54, 1.807) is 0 Å². The Morgan fingerprint density at radius 3 is 0.792 bits per heavy atom.